The molecule has 0 saturated heterocycles. The predicted molar refractivity (Wildman–Crippen MR) is 179 cm³/mol. The van der Waals surface area contributed by atoms with Crippen LogP contribution in [0.2, 0.25) is 0 Å². The van der Waals surface area contributed by atoms with Crippen LogP contribution in [0.15, 0.2) is 12.2 Å². The van der Waals surface area contributed by atoms with E-state index in [-0.39, 0.29) is 17.8 Å². The molecule has 9 nitrogen and oxygen atoms in total. The Morgan fingerprint density at radius 2 is 0.891 bits per heavy atom. The quantitative estimate of drug-likeness (QED) is 0.0435. The third kappa shape index (κ3) is 16.2. The molecule has 4 unspecified atom stereocenters. The molecule has 9 heteroatoms. The first-order chi connectivity index (χ1) is 21.6. The summed E-state index contributed by atoms with van der Waals surface area (Å²) in [4.78, 5) is 71.7. The highest BCUT2D eigenvalue weighted by Crippen LogP contribution is 2.41. The van der Waals surface area contributed by atoms with Crippen molar-refractivity contribution in [3.8, 4) is 0 Å². The van der Waals surface area contributed by atoms with Crippen LogP contribution in [0.3, 0.4) is 0 Å². The zero-order valence-electron chi connectivity index (χ0n) is 30.7. The van der Waals surface area contributed by atoms with Gasteiger partial charge in [-0.25, -0.2) is 14.4 Å². The maximum atomic E-state index is 13.8. The maximum Gasteiger partial charge on any atom is 0.346 e. The second kappa shape index (κ2) is 21.1. The molecule has 0 N–H and O–H groups in total. The third-order valence-corrected chi connectivity index (χ3v) is 9.38. The molecular weight excluding hydrogens is 588 g/mol. The van der Waals surface area contributed by atoms with Crippen LogP contribution in [0.1, 0.15) is 166 Å². The smallest absolute Gasteiger partial charge is 0.298 e. The van der Waals surface area contributed by atoms with E-state index in [2.05, 4.69) is 19.1 Å². The van der Waals surface area contributed by atoms with Crippen molar-refractivity contribution in [2.24, 2.45) is 23.7 Å². The summed E-state index contributed by atoms with van der Waals surface area (Å²) in [6.07, 6.45) is 16.6. The summed E-state index contributed by atoms with van der Waals surface area (Å²) in [5.74, 6) is -3.30. The van der Waals surface area contributed by atoms with Crippen LogP contribution in [0.25, 0.3) is 0 Å². The fraction of sp³-hybridized carbons (Fsp3) is 0.865. The molecule has 1 aliphatic rings. The van der Waals surface area contributed by atoms with Crippen molar-refractivity contribution in [1.29, 1.82) is 0 Å². The van der Waals surface area contributed by atoms with Crippen LogP contribution in [-0.4, -0.2) is 34.7 Å². The minimum atomic E-state index is -0.753. The van der Waals surface area contributed by atoms with Gasteiger partial charge in [0, 0.05) is 6.42 Å². The SMILES string of the molecule is CCCCCCC1C=CC(CCCCCCCC(=O)OOC(C)(C)CC)C(C(=O)OOC(C)(C)CC)C1C(=O)OOC(C)(C)CC. The van der Waals surface area contributed by atoms with Crippen molar-refractivity contribution in [3.05, 3.63) is 12.2 Å². The van der Waals surface area contributed by atoms with Gasteiger partial charge in [-0.2, -0.15) is 14.7 Å². The zero-order valence-corrected chi connectivity index (χ0v) is 30.7. The van der Waals surface area contributed by atoms with Crippen molar-refractivity contribution < 1.29 is 43.7 Å². The number of unbranched alkanes of at least 4 members (excludes halogenated alkanes) is 7. The zero-order chi connectivity index (χ0) is 34.8. The van der Waals surface area contributed by atoms with Crippen LogP contribution < -0.4 is 0 Å². The number of carbonyl (C=O) groups is 3. The van der Waals surface area contributed by atoms with Crippen molar-refractivity contribution in [3.63, 3.8) is 0 Å². The maximum absolute atomic E-state index is 13.8. The summed E-state index contributed by atoms with van der Waals surface area (Å²) in [5, 5.41) is 0. The Balaban J connectivity index is 2.96. The van der Waals surface area contributed by atoms with E-state index in [4.69, 9.17) is 29.3 Å². The Labute approximate surface area is 279 Å². The molecule has 0 aromatic heterocycles. The summed E-state index contributed by atoms with van der Waals surface area (Å²) < 4.78 is 0. The van der Waals surface area contributed by atoms with E-state index < -0.39 is 40.6 Å². The molecule has 0 spiro atoms. The molecule has 0 amide bonds. The van der Waals surface area contributed by atoms with Gasteiger partial charge in [-0.1, -0.05) is 91.2 Å². The van der Waals surface area contributed by atoms with Gasteiger partial charge in [-0.05, 0) is 91.9 Å². The average Bonchev–Trinajstić information content (AvgIpc) is 3.03. The molecule has 268 valence electrons. The highest BCUT2D eigenvalue weighted by atomic mass is 17.2. The molecule has 0 saturated carbocycles. The highest BCUT2D eigenvalue weighted by Gasteiger charge is 2.48. The van der Waals surface area contributed by atoms with Crippen LogP contribution in [-0.2, 0) is 43.7 Å². The van der Waals surface area contributed by atoms with Gasteiger partial charge in [0.15, 0.2) is 0 Å². The molecule has 0 bridgehead atoms. The number of allylic oxidation sites excluding steroid dienone is 2. The minimum Gasteiger partial charge on any atom is -0.298 e. The molecule has 0 fully saturated rings. The van der Waals surface area contributed by atoms with Crippen molar-refractivity contribution in [2.75, 3.05) is 0 Å². The Morgan fingerprint density at radius 1 is 0.522 bits per heavy atom. The van der Waals surface area contributed by atoms with Gasteiger partial charge in [0.2, 0.25) is 0 Å². The Bertz CT molecular complexity index is 924. The van der Waals surface area contributed by atoms with Crippen LogP contribution >= 0.6 is 0 Å². The lowest BCUT2D eigenvalue weighted by atomic mass is 9.67. The lowest BCUT2D eigenvalue weighted by Gasteiger charge is -2.37. The summed E-state index contributed by atoms with van der Waals surface area (Å²) in [6.45, 7) is 19.3. The lowest BCUT2D eigenvalue weighted by molar-refractivity contribution is -0.336. The molecule has 4 atom stereocenters. The molecular formula is C37H66O9. The van der Waals surface area contributed by atoms with Crippen molar-refractivity contribution >= 4 is 17.9 Å². The van der Waals surface area contributed by atoms with Crippen molar-refractivity contribution in [1.82, 2.24) is 0 Å². The lowest BCUT2D eigenvalue weighted by Crippen LogP contribution is -2.44. The minimum absolute atomic E-state index is 0.169. The van der Waals surface area contributed by atoms with Gasteiger partial charge in [0.1, 0.15) is 16.8 Å². The normalized spacial score (nSPS) is 20.4. The van der Waals surface area contributed by atoms with Gasteiger partial charge in [0.05, 0.1) is 11.8 Å². The number of hydrogen-bond donors (Lipinski definition) is 0. The first-order valence-corrected chi connectivity index (χ1v) is 18.0. The van der Waals surface area contributed by atoms with E-state index in [9.17, 15) is 14.4 Å². The fourth-order valence-electron chi connectivity index (χ4n) is 5.03. The van der Waals surface area contributed by atoms with E-state index in [1.54, 1.807) is 0 Å². The fourth-order valence-corrected chi connectivity index (χ4v) is 5.03. The number of carbonyl (C=O) groups excluding carboxylic acids is 3. The van der Waals surface area contributed by atoms with E-state index in [0.717, 1.165) is 70.6 Å². The van der Waals surface area contributed by atoms with Gasteiger partial charge < -0.3 is 0 Å². The van der Waals surface area contributed by atoms with Gasteiger partial charge >= 0.3 is 17.9 Å². The summed E-state index contributed by atoms with van der Waals surface area (Å²) in [7, 11) is 0. The second-order valence-corrected chi connectivity index (χ2v) is 14.8. The molecule has 0 aliphatic heterocycles. The largest absolute Gasteiger partial charge is 0.346 e. The van der Waals surface area contributed by atoms with E-state index in [1.165, 1.54) is 0 Å². The van der Waals surface area contributed by atoms with Crippen LogP contribution in [0, 0.1) is 23.7 Å². The summed E-state index contributed by atoms with van der Waals surface area (Å²) >= 11 is 0. The first-order valence-electron chi connectivity index (χ1n) is 18.0. The molecule has 46 heavy (non-hydrogen) atoms. The Kier molecular flexibility index (Phi) is 19.3. The predicted octanol–water partition coefficient (Wildman–Crippen LogP) is 9.71. The number of hydrogen-bond acceptors (Lipinski definition) is 9. The standard InChI is InChI=1S/C37H66O9/c1-11-15-16-20-23-28-26-27-29(24-21-18-17-19-22-25-30(38)41-44-35(5,6)12-2)32(34(40)43-46-37(9,10)14-4)31(28)33(39)42-45-36(7,8)13-3/h26-29,31-32H,11-25H2,1-10H3. The van der Waals surface area contributed by atoms with Crippen molar-refractivity contribution in [2.45, 2.75) is 182 Å². The summed E-state index contributed by atoms with van der Waals surface area (Å²) in [6, 6.07) is 0. The van der Waals surface area contributed by atoms with Gasteiger partial charge in [0.25, 0.3) is 0 Å². The third-order valence-electron chi connectivity index (χ3n) is 9.38. The molecule has 0 radical (unpaired) electrons. The molecule has 0 aromatic carbocycles. The van der Waals surface area contributed by atoms with Gasteiger partial charge in [-0.15, -0.1) is 0 Å². The van der Waals surface area contributed by atoms with Crippen LogP contribution in [0.4, 0.5) is 0 Å². The molecule has 0 heterocycles. The molecule has 1 aliphatic carbocycles. The Hall–Kier alpha value is -1.97. The second-order valence-electron chi connectivity index (χ2n) is 14.8. The van der Waals surface area contributed by atoms with Gasteiger partial charge in [-0.3, -0.25) is 14.7 Å². The number of rotatable bonds is 24. The monoisotopic (exact) mass is 654 g/mol. The molecule has 0 aromatic rings. The first kappa shape index (κ1) is 42.1. The van der Waals surface area contributed by atoms with E-state index in [0.29, 0.717) is 25.7 Å². The van der Waals surface area contributed by atoms with E-state index in [1.807, 2.05) is 62.3 Å². The topological polar surface area (TPSA) is 107 Å². The Morgan fingerprint density at radius 3 is 1.30 bits per heavy atom. The van der Waals surface area contributed by atoms with E-state index >= 15 is 0 Å². The summed E-state index contributed by atoms with van der Waals surface area (Å²) in [5.41, 5.74) is -1.78. The average molecular weight is 655 g/mol. The van der Waals surface area contributed by atoms with Crippen LogP contribution in [0.5, 0.6) is 0 Å². The highest BCUT2D eigenvalue weighted by molar-refractivity contribution is 5.83. The molecule has 1 rings (SSSR count).